The maximum Gasteiger partial charge on any atom is 0.248 e. The molecule has 2 aromatic rings. The topological polar surface area (TPSA) is 108 Å². The molecule has 2 aliphatic rings. The summed E-state index contributed by atoms with van der Waals surface area (Å²) in [5.41, 5.74) is 6.71. The van der Waals surface area contributed by atoms with Gasteiger partial charge < -0.3 is 20.5 Å². The Morgan fingerprint density at radius 2 is 2.00 bits per heavy atom. The molecule has 3 atom stereocenters. The lowest BCUT2D eigenvalue weighted by atomic mass is 9.94. The number of benzene rings is 1. The number of primary amides is 1. The van der Waals surface area contributed by atoms with Crippen molar-refractivity contribution < 1.29 is 22.7 Å². The summed E-state index contributed by atoms with van der Waals surface area (Å²) in [6.45, 7) is 1.24. The summed E-state index contributed by atoms with van der Waals surface area (Å²) in [5, 5.41) is 3.76. The molecule has 0 aliphatic carbocycles. The minimum Gasteiger partial charge on any atom is -0.367 e. The number of amides is 1. The molecule has 0 radical (unpaired) electrons. The summed E-state index contributed by atoms with van der Waals surface area (Å²) >= 11 is 7.35. The molecule has 2 fully saturated rings. The zero-order valence-electron chi connectivity index (χ0n) is 17.6. The number of nitrogens with one attached hydrogen (secondary N) is 1. The van der Waals surface area contributed by atoms with Gasteiger partial charge in [-0.1, -0.05) is 23.7 Å². The Kier molecular flexibility index (Phi) is 7.24. The van der Waals surface area contributed by atoms with E-state index in [0.29, 0.717) is 36.0 Å². The summed E-state index contributed by atoms with van der Waals surface area (Å²) < 4.78 is 37.6. The van der Waals surface area contributed by atoms with Crippen molar-refractivity contribution in [3.63, 3.8) is 0 Å². The van der Waals surface area contributed by atoms with Gasteiger partial charge in [0.05, 0.1) is 5.75 Å². The molecule has 2 saturated heterocycles. The highest BCUT2D eigenvalue weighted by Gasteiger charge is 2.56. The van der Waals surface area contributed by atoms with Crippen LogP contribution >= 0.6 is 22.9 Å². The molecule has 0 saturated carbocycles. The van der Waals surface area contributed by atoms with Gasteiger partial charge in [-0.25, -0.2) is 8.42 Å². The maximum absolute atomic E-state index is 13.7. The quantitative estimate of drug-likeness (QED) is 0.633. The first-order valence-electron chi connectivity index (χ1n) is 10.7. The first-order valence-corrected chi connectivity index (χ1v) is 13.5. The van der Waals surface area contributed by atoms with E-state index < -0.39 is 32.9 Å². The Morgan fingerprint density at radius 1 is 1.22 bits per heavy atom. The van der Waals surface area contributed by atoms with E-state index in [1.165, 1.54) is 11.3 Å². The Hall–Kier alpha value is -1.49. The van der Waals surface area contributed by atoms with Crippen LogP contribution in [0.1, 0.15) is 30.6 Å². The predicted molar refractivity (Wildman–Crippen MR) is 125 cm³/mol. The SMILES string of the molecule is NC(=O)C(OC1CCCCO1)C1(c2ccc(-c3ccc(Cl)cc3)s2)CCNCCS1(=O)=O. The molecule has 1 amide bonds. The molecule has 3 N–H and O–H groups in total. The molecule has 4 rings (SSSR count). The first kappa shape index (κ1) is 23.7. The summed E-state index contributed by atoms with van der Waals surface area (Å²) in [4.78, 5) is 14.1. The van der Waals surface area contributed by atoms with Crippen LogP contribution in [0.4, 0.5) is 0 Å². The van der Waals surface area contributed by atoms with E-state index >= 15 is 0 Å². The van der Waals surface area contributed by atoms with Crippen LogP contribution in [0, 0.1) is 0 Å². The number of ether oxygens (including phenoxy) is 2. The Labute approximate surface area is 197 Å². The van der Waals surface area contributed by atoms with Gasteiger partial charge in [0.2, 0.25) is 5.91 Å². The Balaban J connectivity index is 1.81. The fourth-order valence-electron chi connectivity index (χ4n) is 4.35. The molecule has 32 heavy (non-hydrogen) atoms. The fraction of sp³-hybridized carbons (Fsp3) is 0.500. The minimum atomic E-state index is -3.80. The third kappa shape index (κ3) is 4.60. The number of thiophene rings is 1. The van der Waals surface area contributed by atoms with Crippen LogP contribution in [-0.4, -0.2) is 52.2 Å². The first-order chi connectivity index (χ1) is 15.3. The van der Waals surface area contributed by atoms with Crippen LogP contribution in [-0.2, 0) is 28.9 Å². The van der Waals surface area contributed by atoms with E-state index in [-0.39, 0.29) is 12.2 Å². The van der Waals surface area contributed by atoms with Crippen LogP contribution in [0.2, 0.25) is 5.02 Å². The number of hydrogen-bond donors (Lipinski definition) is 2. The van der Waals surface area contributed by atoms with Gasteiger partial charge in [-0.15, -0.1) is 11.3 Å². The lowest BCUT2D eigenvalue weighted by molar-refractivity contribution is -0.198. The molecular formula is C22H27ClN2O5S2. The average Bonchev–Trinajstić information content (AvgIpc) is 3.20. The van der Waals surface area contributed by atoms with Crippen molar-refractivity contribution in [1.82, 2.24) is 5.32 Å². The number of carbonyl (C=O) groups is 1. The van der Waals surface area contributed by atoms with E-state index in [9.17, 15) is 13.2 Å². The van der Waals surface area contributed by atoms with Crippen molar-refractivity contribution in [3.8, 4) is 10.4 Å². The monoisotopic (exact) mass is 498 g/mol. The predicted octanol–water partition coefficient (Wildman–Crippen LogP) is 3.07. The van der Waals surface area contributed by atoms with E-state index in [1.54, 1.807) is 18.2 Å². The third-order valence-electron chi connectivity index (χ3n) is 6.04. The second-order valence-corrected chi connectivity index (χ2v) is 12.0. The normalized spacial score (nSPS) is 26.8. The standard InChI is InChI=1S/C22H27ClN2O5S2/c23-16-6-4-15(5-7-16)17-8-9-18(31-17)22(10-11-25-12-14-32(22,27)28)20(21(24)26)30-19-3-1-2-13-29-19/h4-9,19-20,25H,1-3,10-14H2,(H2,24,26). The second-order valence-electron chi connectivity index (χ2n) is 8.09. The van der Waals surface area contributed by atoms with Gasteiger partial charge in [-0.2, -0.15) is 0 Å². The van der Waals surface area contributed by atoms with E-state index in [4.69, 9.17) is 26.8 Å². The molecule has 1 aromatic heterocycles. The van der Waals surface area contributed by atoms with Crippen LogP contribution in [0.3, 0.4) is 0 Å². The fourth-order valence-corrected chi connectivity index (χ4v) is 8.19. The molecule has 7 nitrogen and oxygen atoms in total. The molecule has 0 bridgehead atoms. The summed E-state index contributed by atoms with van der Waals surface area (Å²) in [5.74, 6) is -0.911. The van der Waals surface area contributed by atoms with Crippen molar-refractivity contribution >= 4 is 38.7 Å². The van der Waals surface area contributed by atoms with Crippen molar-refractivity contribution in [2.24, 2.45) is 5.73 Å². The molecule has 3 unspecified atom stereocenters. The van der Waals surface area contributed by atoms with Gasteiger partial charge >= 0.3 is 0 Å². The number of halogens is 1. The van der Waals surface area contributed by atoms with Gasteiger partial charge in [-0.05, 0) is 62.1 Å². The summed E-state index contributed by atoms with van der Waals surface area (Å²) in [6.07, 6.45) is 0.558. The summed E-state index contributed by atoms with van der Waals surface area (Å²) in [6, 6.07) is 11.0. The zero-order valence-corrected chi connectivity index (χ0v) is 20.0. The molecule has 1 aromatic carbocycles. The molecule has 10 heteroatoms. The molecule has 2 aliphatic heterocycles. The van der Waals surface area contributed by atoms with Crippen LogP contribution in [0.5, 0.6) is 0 Å². The summed E-state index contributed by atoms with van der Waals surface area (Å²) in [7, 11) is -3.80. The number of sulfone groups is 1. The van der Waals surface area contributed by atoms with Crippen molar-refractivity contribution in [2.45, 2.75) is 42.8 Å². The van der Waals surface area contributed by atoms with Gasteiger partial charge in [-0.3, -0.25) is 4.79 Å². The van der Waals surface area contributed by atoms with Gasteiger partial charge in [0.1, 0.15) is 4.75 Å². The number of rotatable bonds is 6. The largest absolute Gasteiger partial charge is 0.367 e. The smallest absolute Gasteiger partial charge is 0.248 e. The van der Waals surface area contributed by atoms with Crippen LogP contribution in [0.15, 0.2) is 36.4 Å². The van der Waals surface area contributed by atoms with E-state index in [0.717, 1.165) is 23.3 Å². The average molecular weight is 499 g/mol. The Bertz CT molecular complexity index is 1050. The van der Waals surface area contributed by atoms with Gasteiger partial charge in [0.15, 0.2) is 22.2 Å². The van der Waals surface area contributed by atoms with E-state index in [2.05, 4.69) is 5.32 Å². The molecular weight excluding hydrogens is 472 g/mol. The van der Waals surface area contributed by atoms with Crippen molar-refractivity contribution in [2.75, 3.05) is 25.4 Å². The Morgan fingerprint density at radius 3 is 2.69 bits per heavy atom. The molecule has 3 heterocycles. The number of carbonyl (C=O) groups excluding carboxylic acids is 1. The third-order valence-corrected chi connectivity index (χ3v) is 10.2. The van der Waals surface area contributed by atoms with Crippen LogP contribution in [0.25, 0.3) is 10.4 Å². The van der Waals surface area contributed by atoms with Crippen molar-refractivity contribution in [3.05, 3.63) is 46.3 Å². The highest BCUT2D eigenvalue weighted by atomic mass is 35.5. The minimum absolute atomic E-state index is 0.111. The molecule has 0 spiro atoms. The zero-order chi connectivity index (χ0) is 22.8. The van der Waals surface area contributed by atoms with Crippen molar-refractivity contribution in [1.29, 1.82) is 0 Å². The molecule has 174 valence electrons. The number of nitrogens with two attached hydrogens (primary N) is 1. The lowest BCUT2D eigenvalue weighted by Crippen LogP contribution is -2.55. The van der Waals surface area contributed by atoms with Gasteiger partial charge in [0, 0.05) is 27.9 Å². The van der Waals surface area contributed by atoms with E-state index in [1.807, 2.05) is 18.2 Å². The van der Waals surface area contributed by atoms with Gasteiger partial charge in [0.25, 0.3) is 0 Å². The number of hydrogen-bond acceptors (Lipinski definition) is 7. The maximum atomic E-state index is 13.7. The second kappa shape index (κ2) is 9.79. The highest BCUT2D eigenvalue weighted by molar-refractivity contribution is 7.92. The van der Waals surface area contributed by atoms with Crippen LogP contribution < -0.4 is 11.1 Å². The lowest BCUT2D eigenvalue weighted by Gasteiger charge is -2.38. The highest BCUT2D eigenvalue weighted by Crippen LogP contribution is 2.46.